The molecule has 0 unspecified atom stereocenters. The topological polar surface area (TPSA) is 81.5 Å². The molecular formula is C14H11BrN2O4. The number of nitrogens with zero attached hydrogens (tertiary/aromatic N) is 1. The van der Waals surface area contributed by atoms with Gasteiger partial charge in [-0.3, -0.25) is 19.7 Å². The molecule has 0 fully saturated rings. The maximum atomic E-state index is 11.9. The van der Waals surface area contributed by atoms with E-state index >= 15 is 0 Å². The summed E-state index contributed by atoms with van der Waals surface area (Å²) in [7, 11) is 0. The van der Waals surface area contributed by atoms with Crippen LogP contribution >= 0.6 is 15.9 Å². The number of nitrogens with one attached hydrogen (secondary N) is 1. The van der Waals surface area contributed by atoms with Crippen molar-refractivity contribution in [1.82, 2.24) is 5.48 Å². The number of halogens is 1. The molecule has 0 radical (unpaired) electrons. The lowest BCUT2D eigenvalue weighted by Gasteiger charge is -2.07. The standard InChI is InChI=1S/C14H11BrN2O4/c15-13-11(7-4-8-12(13)17(19)20)14(18)16-21-9-10-5-2-1-3-6-10/h1-8H,9H2,(H,16,18). The van der Waals surface area contributed by atoms with E-state index in [2.05, 4.69) is 21.4 Å². The van der Waals surface area contributed by atoms with Crippen molar-refractivity contribution >= 4 is 27.5 Å². The first-order valence-electron chi connectivity index (χ1n) is 5.98. The Kier molecular flexibility index (Phi) is 5.02. The first-order valence-corrected chi connectivity index (χ1v) is 6.78. The third-order valence-corrected chi connectivity index (χ3v) is 3.50. The summed E-state index contributed by atoms with van der Waals surface area (Å²) in [5.74, 6) is -0.554. The number of carbonyl (C=O) groups is 1. The number of hydrogen-bond donors (Lipinski definition) is 1. The van der Waals surface area contributed by atoms with E-state index in [1.807, 2.05) is 30.3 Å². The Morgan fingerprint density at radius 1 is 1.19 bits per heavy atom. The van der Waals surface area contributed by atoms with Gasteiger partial charge >= 0.3 is 0 Å². The van der Waals surface area contributed by atoms with E-state index < -0.39 is 10.8 Å². The summed E-state index contributed by atoms with van der Waals surface area (Å²) in [6, 6.07) is 13.5. The number of benzene rings is 2. The van der Waals surface area contributed by atoms with Crippen molar-refractivity contribution in [3.8, 4) is 0 Å². The van der Waals surface area contributed by atoms with Crippen LogP contribution < -0.4 is 5.48 Å². The Bertz CT molecular complexity index is 661. The third-order valence-electron chi connectivity index (χ3n) is 2.67. The van der Waals surface area contributed by atoms with Crippen LogP contribution in [0.15, 0.2) is 53.0 Å². The van der Waals surface area contributed by atoms with Gasteiger partial charge in [0.05, 0.1) is 17.1 Å². The second-order valence-corrected chi connectivity index (χ2v) is 4.89. The number of nitro groups is 1. The molecule has 1 N–H and O–H groups in total. The van der Waals surface area contributed by atoms with Gasteiger partial charge in [0.15, 0.2) is 0 Å². The van der Waals surface area contributed by atoms with Crippen LogP contribution in [0.4, 0.5) is 5.69 Å². The number of nitro benzene ring substituents is 1. The number of rotatable bonds is 5. The van der Waals surface area contributed by atoms with Gasteiger partial charge in [0, 0.05) is 6.07 Å². The van der Waals surface area contributed by atoms with Gasteiger partial charge in [-0.15, -0.1) is 0 Å². The summed E-state index contributed by atoms with van der Waals surface area (Å²) < 4.78 is 0.121. The van der Waals surface area contributed by atoms with E-state index in [4.69, 9.17) is 4.84 Å². The van der Waals surface area contributed by atoms with E-state index in [1.54, 1.807) is 0 Å². The first-order chi connectivity index (χ1) is 10.1. The van der Waals surface area contributed by atoms with Gasteiger partial charge in [-0.1, -0.05) is 36.4 Å². The number of hydroxylamine groups is 1. The fourth-order valence-corrected chi connectivity index (χ4v) is 2.24. The first kappa shape index (κ1) is 15.1. The highest BCUT2D eigenvalue weighted by Crippen LogP contribution is 2.28. The molecule has 0 bridgehead atoms. The lowest BCUT2D eigenvalue weighted by atomic mass is 10.2. The summed E-state index contributed by atoms with van der Waals surface area (Å²) in [6.45, 7) is 0.207. The van der Waals surface area contributed by atoms with Crippen LogP contribution in [-0.4, -0.2) is 10.8 Å². The molecule has 2 aromatic rings. The van der Waals surface area contributed by atoms with Crippen molar-refractivity contribution in [3.05, 3.63) is 74.2 Å². The van der Waals surface area contributed by atoms with Gasteiger partial charge in [0.2, 0.25) is 0 Å². The van der Waals surface area contributed by atoms with Gasteiger partial charge in [0.25, 0.3) is 11.6 Å². The van der Waals surface area contributed by atoms with Crippen molar-refractivity contribution in [2.75, 3.05) is 0 Å². The van der Waals surface area contributed by atoms with Gasteiger partial charge < -0.3 is 0 Å². The van der Waals surface area contributed by atoms with Gasteiger partial charge in [-0.25, -0.2) is 5.48 Å². The molecular weight excluding hydrogens is 340 g/mol. The maximum absolute atomic E-state index is 11.9. The SMILES string of the molecule is O=C(NOCc1ccccc1)c1cccc([N+](=O)[O-])c1Br. The van der Waals surface area contributed by atoms with Crippen molar-refractivity contribution in [3.63, 3.8) is 0 Å². The van der Waals surface area contributed by atoms with Crippen LogP contribution in [0.1, 0.15) is 15.9 Å². The van der Waals surface area contributed by atoms with E-state index in [0.29, 0.717) is 0 Å². The Labute approximate surface area is 129 Å². The van der Waals surface area contributed by atoms with E-state index in [9.17, 15) is 14.9 Å². The molecule has 0 spiro atoms. The molecule has 0 aliphatic carbocycles. The van der Waals surface area contributed by atoms with E-state index in [-0.39, 0.29) is 22.3 Å². The van der Waals surface area contributed by atoms with Crippen LogP contribution in [0.25, 0.3) is 0 Å². The number of amides is 1. The monoisotopic (exact) mass is 350 g/mol. The van der Waals surface area contributed by atoms with Crippen LogP contribution in [0, 0.1) is 10.1 Å². The minimum atomic E-state index is -0.564. The van der Waals surface area contributed by atoms with Crippen molar-refractivity contribution < 1.29 is 14.6 Å². The van der Waals surface area contributed by atoms with Gasteiger partial charge in [-0.05, 0) is 27.6 Å². The minimum absolute atomic E-state index is 0.121. The maximum Gasteiger partial charge on any atom is 0.284 e. The average Bonchev–Trinajstić information content (AvgIpc) is 2.48. The highest BCUT2D eigenvalue weighted by Gasteiger charge is 2.19. The molecule has 0 heterocycles. The normalized spacial score (nSPS) is 10.1. The molecule has 6 nitrogen and oxygen atoms in total. The Morgan fingerprint density at radius 2 is 1.90 bits per heavy atom. The zero-order valence-electron chi connectivity index (χ0n) is 10.8. The molecule has 0 aliphatic heterocycles. The number of hydrogen-bond acceptors (Lipinski definition) is 4. The molecule has 0 atom stereocenters. The van der Waals surface area contributed by atoms with Crippen molar-refractivity contribution in [1.29, 1.82) is 0 Å². The lowest BCUT2D eigenvalue weighted by molar-refractivity contribution is -0.385. The molecule has 108 valence electrons. The molecule has 0 aliphatic rings. The average molecular weight is 351 g/mol. The zero-order valence-corrected chi connectivity index (χ0v) is 12.4. The van der Waals surface area contributed by atoms with E-state index in [1.165, 1.54) is 18.2 Å². The summed E-state index contributed by atoms with van der Waals surface area (Å²) in [4.78, 5) is 27.3. The largest absolute Gasteiger partial charge is 0.284 e. The van der Waals surface area contributed by atoms with Gasteiger partial charge in [-0.2, -0.15) is 0 Å². The second-order valence-electron chi connectivity index (χ2n) is 4.10. The van der Waals surface area contributed by atoms with Crippen molar-refractivity contribution in [2.24, 2.45) is 0 Å². The fraction of sp³-hybridized carbons (Fsp3) is 0.0714. The summed E-state index contributed by atoms with van der Waals surface area (Å²) in [6.07, 6.45) is 0. The summed E-state index contributed by atoms with van der Waals surface area (Å²) in [5.41, 5.74) is 3.12. The van der Waals surface area contributed by atoms with Crippen LogP contribution in [0.2, 0.25) is 0 Å². The molecule has 7 heteroatoms. The third kappa shape index (κ3) is 3.87. The van der Waals surface area contributed by atoms with Crippen molar-refractivity contribution in [2.45, 2.75) is 6.61 Å². The van der Waals surface area contributed by atoms with Gasteiger partial charge in [0.1, 0.15) is 4.47 Å². The highest BCUT2D eigenvalue weighted by molar-refractivity contribution is 9.10. The Balaban J connectivity index is 2.01. The molecule has 1 amide bonds. The molecule has 2 aromatic carbocycles. The summed E-state index contributed by atoms with van der Waals surface area (Å²) in [5, 5.41) is 10.8. The van der Waals surface area contributed by atoms with E-state index in [0.717, 1.165) is 5.56 Å². The van der Waals surface area contributed by atoms with Crippen LogP contribution in [0.3, 0.4) is 0 Å². The lowest BCUT2D eigenvalue weighted by Crippen LogP contribution is -2.24. The molecule has 2 rings (SSSR count). The fourth-order valence-electron chi connectivity index (χ4n) is 1.65. The highest BCUT2D eigenvalue weighted by atomic mass is 79.9. The predicted molar refractivity (Wildman–Crippen MR) is 79.5 cm³/mol. The minimum Gasteiger partial charge on any atom is -0.269 e. The smallest absolute Gasteiger partial charge is 0.269 e. The second kappa shape index (κ2) is 6.96. The molecule has 0 saturated carbocycles. The molecule has 0 aromatic heterocycles. The molecule has 21 heavy (non-hydrogen) atoms. The Hall–Kier alpha value is -2.25. The number of carbonyl (C=O) groups excluding carboxylic acids is 1. The van der Waals surface area contributed by atoms with Crippen LogP contribution in [-0.2, 0) is 11.4 Å². The predicted octanol–water partition coefficient (Wildman–Crippen LogP) is 3.22. The Morgan fingerprint density at radius 3 is 2.57 bits per heavy atom. The quantitative estimate of drug-likeness (QED) is 0.662. The summed E-state index contributed by atoms with van der Waals surface area (Å²) >= 11 is 3.06. The van der Waals surface area contributed by atoms with Crippen LogP contribution in [0.5, 0.6) is 0 Å². The molecule has 0 saturated heterocycles. The zero-order chi connectivity index (χ0) is 15.2.